The largest absolute Gasteiger partial charge is 0.453 e. The number of nitrogens with zero attached hydrogens (tertiary/aromatic N) is 5. The van der Waals surface area contributed by atoms with Gasteiger partial charge in [-0.05, 0) is 104 Å². The molecular formula is C48H60N8O4. The Morgan fingerprint density at radius 2 is 1.48 bits per heavy atom. The highest BCUT2D eigenvalue weighted by Crippen LogP contribution is 2.50. The molecule has 8 rings (SSSR count). The van der Waals surface area contributed by atoms with Crippen LogP contribution in [-0.4, -0.2) is 97.4 Å². The monoisotopic (exact) mass is 812 g/mol. The molecule has 4 aromatic rings. The number of fused-ring (bicyclic) bond motifs is 2. The summed E-state index contributed by atoms with van der Waals surface area (Å²) in [5.41, 5.74) is 7.32. The van der Waals surface area contributed by atoms with Gasteiger partial charge in [0.25, 0.3) is 0 Å². The molecule has 1 saturated carbocycles. The summed E-state index contributed by atoms with van der Waals surface area (Å²) in [6.07, 6.45) is 17.5. The predicted molar refractivity (Wildman–Crippen MR) is 233 cm³/mol. The van der Waals surface area contributed by atoms with Gasteiger partial charge >= 0.3 is 6.09 Å². The number of amides is 3. The fraction of sp³-hybridized carbons (Fsp3) is 0.479. The molecule has 2 aromatic heterocycles. The molecule has 2 saturated heterocycles. The number of carbonyl (C=O) groups excluding carboxylic acids is 3. The average molecular weight is 813 g/mol. The van der Waals surface area contributed by atoms with Crippen LogP contribution in [0.5, 0.6) is 0 Å². The van der Waals surface area contributed by atoms with Crippen molar-refractivity contribution in [3.05, 3.63) is 96.4 Å². The number of aromatic amines is 2. The highest BCUT2D eigenvalue weighted by molar-refractivity contribution is 5.87. The first kappa shape index (κ1) is 41.3. The molecule has 0 unspecified atom stereocenters. The van der Waals surface area contributed by atoms with Gasteiger partial charge in [-0.25, -0.2) is 14.8 Å². The Morgan fingerprint density at radius 3 is 2.08 bits per heavy atom. The molecule has 60 heavy (non-hydrogen) atoms. The smallest absolute Gasteiger partial charge is 0.407 e. The van der Waals surface area contributed by atoms with Gasteiger partial charge in [0, 0.05) is 12.6 Å². The Balaban J connectivity index is 0.952. The van der Waals surface area contributed by atoms with Crippen molar-refractivity contribution in [3.63, 3.8) is 0 Å². The third kappa shape index (κ3) is 8.18. The molecule has 2 bridgehead atoms. The van der Waals surface area contributed by atoms with Crippen LogP contribution >= 0.6 is 0 Å². The highest BCUT2D eigenvalue weighted by Gasteiger charge is 2.52. The number of aromatic nitrogens is 4. The van der Waals surface area contributed by atoms with Crippen molar-refractivity contribution in [1.29, 1.82) is 0 Å². The maximum atomic E-state index is 14.6. The third-order valence-electron chi connectivity index (χ3n) is 13.3. The van der Waals surface area contributed by atoms with Crippen LogP contribution in [0.15, 0.2) is 84.7 Å². The number of likely N-dealkylation sites (N-methyl/N-ethyl adjacent to an activating group) is 1. The first-order chi connectivity index (χ1) is 29.2. The van der Waals surface area contributed by atoms with Crippen LogP contribution in [0, 0.1) is 11.8 Å². The minimum absolute atomic E-state index is 0.0387. The summed E-state index contributed by atoms with van der Waals surface area (Å²) in [5.74, 6) is 2.07. The number of nitrogens with one attached hydrogen (secondary N) is 3. The zero-order chi connectivity index (χ0) is 41.9. The Bertz CT molecular complexity index is 2200. The summed E-state index contributed by atoms with van der Waals surface area (Å²) < 4.78 is 4.80. The maximum absolute atomic E-state index is 14.6. The normalized spacial score (nSPS) is 22.3. The lowest BCUT2D eigenvalue weighted by molar-refractivity contribution is -0.140. The minimum Gasteiger partial charge on any atom is -0.453 e. The lowest BCUT2D eigenvalue weighted by Gasteiger charge is -2.40. The van der Waals surface area contributed by atoms with Crippen LogP contribution in [0.1, 0.15) is 103 Å². The Hall–Kier alpha value is -5.49. The van der Waals surface area contributed by atoms with Crippen molar-refractivity contribution in [3.8, 4) is 33.6 Å². The summed E-state index contributed by atoms with van der Waals surface area (Å²) in [5, 5.41) is 2.73. The van der Waals surface area contributed by atoms with E-state index >= 15 is 0 Å². The molecule has 3 fully saturated rings. The Kier molecular flexibility index (Phi) is 12.4. The second-order valence-corrected chi connectivity index (χ2v) is 17.2. The van der Waals surface area contributed by atoms with E-state index < -0.39 is 12.1 Å². The molecule has 2 aromatic carbocycles. The van der Waals surface area contributed by atoms with E-state index in [-0.39, 0.29) is 41.9 Å². The number of rotatable bonds is 13. The summed E-state index contributed by atoms with van der Waals surface area (Å²) in [6.45, 7) is 10.4. The molecule has 6 atom stereocenters. The Morgan fingerprint density at radius 1 is 0.850 bits per heavy atom. The summed E-state index contributed by atoms with van der Waals surface area (Å²) in [7, 11) is 1.31. The van der Waals surface area contributed by atoms with Crippen LogP contribution in [0.4, 0.5) is 4.79 Å². The van der Waals surface area contributed by atoms with E-state index in [1.807, 2.05) is 31.1 Å². The van der Waals surface area contributed by atoms with E-state index in [2.05, 4.69) is 106 Å². The van der Waals surface area contributed by atoms with E-state index in [1.54, 1.807) is 0 Å². The van der Waals surface area contributed by atoms with Gasteiger partial charge in [-0.15, -0.1) is 0 Å². The van der Waals surface area contributed by atoms with Crippen LogP contribution in [0.25, 0.3) is 33.6 Å². The van der Waals surface area contributed by atoms with Gasteiger partial charge < -0.3 is 29.8 Å². The van der Waals surface area contributed by atoms with Crippen molar-refractivity contribution in [1.82, 2.24) is 40.0 Å². The number of hydrogen-bond acceptors (Lipinski definition) is 7. The van der Waals surface area contributed by atoms with Crippen molar-refractivity contribution in [2.75, 3.05) is 26.7 Å². The van der Waals surface area contributed by atoms with Gasteiger partial charge in [-0.1, -0.05) is 94.5 Å². The summed E-state index contributed by atoms with van der Waals surface area (Å²) >= 11 is 0. The molecule has 2 aliphatic carbocycles. The number of ether oxygens (including phenoxy) is 1. The lowest BCUT2D eigenvalue weighted by Crippen LogP contribution is -2.53. The number of H-pyrrole nitrogens is 2. The van der Waals surface area contributed by atoms with E-state index in [0.717, 1.165) is 110 Å². The van der Waals surface area contributed by atoms with Crippen LogP contribution < -0.4 is 5.32 Å². The SMILES string of the molecule is CCN(CC)[C@@H](C(=O)N1[C@@H]2CC[C@@H](C2)[C@H]1c1ncc(-c2ccc(-c3ccc(-c4cnc([C@@H]5CCCCN5C(=O)[C@@H](NC(=O)OC)C(C)C)[nH]4)cc3)cc2)[nH]1)C1=CC=CCC1. The predicted octanol–water partition coefficient (Wildman–Crippen LogP) is 8.61. The van der Waals surface area contributed by atoms with Gasteiger partial charge in [0.05, 0.1) is 43.0 Å². The van der Waals surface area contributed by atoms with Gasteiger partial charge in [0.2, 0.25) is 11.8 Å². The quantitative estimate of drug-likeness (QED) is 0.123. The number of imidazole rings is 2. The molecule has 12 heteroatoms. The maximum Gasteiger partial charge on any atom is 0.407 e. The van der Waals surface area contributed by atoms with Gasteiger partial charge in [0.1, 0.15) is 23.7 Å². The number of allylic oxidation sites excluding steroid dienone is 3. The van der Waals surface area contributed by atoms with E-state index in [1.165, 1.54) is 12.7 Å². The number of hydrogen-bond donors (Lipinski definition) is 3. The average Bonchev–Trinajstić information content (AvgIpc) is 4.13. The molecule has 3 N–H and O–H groups in total. The van der Waals surface area contributed by atoms with Gasteiger partial charge in [0.15, 0.2) is 0 Å². The minimum atomic E-state index is -0.681. The van der Waals surface area contributed by atoms with Crippen molar-refractivity contribution in [2.24, 2.45) is 11.8 Å². The fourth-order valence-corrected chi connectivity index (χ4v) is 10.1. The molecule has 3 amide bonds. The van der Waals surface area contributed by atoms with Crippen molar-refractivity contribution < 1.29 is 19.1 Å². The second-order valence-electron chi connectivity index (χ2n) is 17.2. The standard InChI is InChI=1S/C48H60N8O4/c1-6-54(7-2)43(35-13-9-8-10-14-35)47(58)56-37-25-24-36(27-37)42(56)45-50-29-39(52-45)34-22-18-32(19-23-34)31-16-20-33(21-17-31)38-28-49-44(51-38)40-15-11-12-26-55(40)46(57)41(30(3)4)53-48(59)60-5/h8-9,13,16-23,28-30,36-37,40-43H,6-7,10-12,14-15,24-27H2,1-5H3,(H,49,51)(H,50,52)(H,53,59)/t36-,37+,40-,41-,42-,43+/m0/s1. The lowest BCUT2D eigenvalue weighted by atomic mass is 9.92. The van der Waals surface area contributed by atoms with Crippen LogP contribution in [0.3, 0.4) is 0 Å². The van der Waals surface area contributed by atoms with Gasteiger partial charge in [-0.3, -0.25) is 14.5 Å². The van der Waals surface area contributed by atoms with E-state index in [4.69, 9.17) is 14.7 Å². The zero-order valence-corrected chi connectivity index (χ0v) is 35.7. The Labute approximate surface area is 353 Å². The topological polar surface area (TPSA) is 140 Å². The van der Waals surface area contributed by atoms with Crippen molar-refractivity contribution >= 4 is 17.9 Å². The number of carbonyl (C=O) groups is 3. The van der Waals surface area contributed by atoms with Gasteiger partial charge in [-0.2, -0.15) is 0 Å². The van der Waals surface area contributed by atoms with Crippen molar-refractivity contribution in [2.45, 2.75) is 109 Å². The number of benzene rings is 2. The molecule has 2 aliphatic heterocycles. The molecular weight excluding hydrogens is 753 g/mol. The summed E-state index contributed by atoms with van der Waals surface area (Å²) in [6, 6.07) is 16.1. The van der Waals surface area contributed by atoms with E-state index in [0.29, 0.717) is 12.5 Å². The fourth-order valence-electron chi connectivity index (χ4n) is 10.1. The molecule has 12 nitrogen and oxygen atoms in total. The third-order valence-corrected chi connectivity index (χ3v) is 13.3. The summed E-state index contributed by atoms with van der Waals surface area (Å²) in [4.78, 5) is 63.7. The second kappa shape index (κ2) is 18.0. The molecule has 4 aliphatic rings. The first-order valence-corrected chi connectivity index (χ1v) is 22.1. The number of methoxy groups -OCH3 is 1. The number of alkyl carbamates (subject to hydrolysis) is 1. The first-order valence-electron chi connectivity index (χ1n) is 22.1. The molecule has 0 radical (unpaired) electrons. The number of piperidine rings is 2. The number of likely N-dealkylation sites (tertiary alicyclic amines) is 2. The van der Waals surface area contributed by atoms with Crippen LogP contribution in [-0.2, 0) is 14.3 Å². The van der Waals surface area contributed by atoms with E-state index in [9.17, 15) is 14.4 Å². The molecule has 0 spiro atoms. The molecule has 316 valence electrons. The zero-order valence-electron chi connectivity index (χ0n) is 35.7. The van der Waals surface area contributed by atoms with Crippen LogP contribution in [0.2, 0.25) is 0 Å². The highest BCUT2D eigenvalue weighted by atomic mass is 16.5. The molecule has 4 heterocycles.